The van der Waals surface area contributed by atoms with Gasteiger partial charge in [-0.15, -0.1) is 0 Å². The first-order valence-corrected chi connectivity index (χ1v) is 5.72. The van der Waals surface area contributed by atoms with Gasteiger partial charge in [-0.2, -0.15) is 0 Å². The second kappa shape index (κ2) is 4.51. The summed E-state index contributed by atoms with van der Waals surface area (Å²) >= 11 is 0. The Balaban J connectivity index is 1.72. The van der Waals surface area contributed by atoms with Gasteiger partial charge in [0.25, 0.3) is 0 Å². The second-order valence-corrected chi connectivity index (χ2v) is 4.15. The van der Waals surface area contributed by atoms with Crippen LogP contribution in [0.5, 0.6) is 0 Å². The zero-order chi connectivity index (χ0) is 11.5. The predicted molar refractivity (Wildman–Crippen MR) is 66.2 cm³/mol. The number of hydrogen-bond acceptors (Lipinski definition) is 4. The van der Waals surface area contributed by atoms with Gasteiger partial charge in [-0.05, 0) is 18.2 Å². The largest absolute Gasteiger partial charge is 0.357 e. The van der Waals surface area contributed by atoms with Crippen LogP contribution in [0.15, 0.2) is 42.7 Å². The molecule has 17 heavy (non-hydrogen) atoms. The smallest absolute Gasteiger partial charge is 0.131 e. The first-order chi connectivity index (χ1) is 8.42. The average Bonchev–Trinajstić information content (AvgIpc) is 2.40. The molecular weight excluding hydrogens is 212 g/mol. The molecule has 0 aromatic carbocycles. The van der Waals surface area contributed by atoms with Crippen LogP contribution >= 0.6 is 0 Å². The van der Waals surface area contributed by atoms with Gasteiger partial charge in [-0.25, -0.2) is 4.98 Å². The van der Waals surface area contributed by atoms with Crippen molar-refractivity contribution in [3.8, 4) is 0 Å². The molecule has 0 fully saturated rings. The molecule has 0 unspecified atom stereocenters. The molecule has 2 aromatic rings. The zero-order valence-corrected chi connectivity index (χ0v) is 9.50. The lowest BCUT2D eigenvalue weighted by Crippen LogP contribution is -2.33. The lowest BCUT2D eigenvalue weighted by atomic mass is 10.2. The minimum atomic E-state index is 0.820. The molecule has 2 aromatic heterocycles. The quantitative estimate of drug-likeness (QED) is 0.848. The molecule has 1 aliphatic rings. The summed E-state index contributed by atoms with van der Waals surface area (Å²) in [6.07, 6.45) is 3.66. The van der Waals surface area contributed by atoms with E-state index in [2.05, 4.69) is 32.3 Å². The van der Waals surface area contributed by atoms with Gasteiger partial charge in [0.1, 0.15) is 5.82 Å². The minimum absolute atomic E-state index is 0.820. The van der Waals surface area contributed by atoms with Gasteiger partial charge in [0.05, 0.1) is 12.4 Å². The summed E-state index contributed by atoms with van der Waals surface area (Å²) in [6.45, 7) is 2.61. The molecule has 0 amide bonds. The molecule has 0 aliphatic carbocycles. The van der Waals surface area contributed by atoms with Gasteiger partial charge >= 0.3 is 0 Å². The average molecular weight is 226 g/mol. The van der Waals surface area contributed by atoms with Crippen molar-refractivity contribution in [1.29, 1.82) is 0 Å². The minimum Gasteiger partial charge on any atom is -0.357 e. The Morgan fingerprint density at radius 2 is 2.06 bits per heavy atom. The normalized spacial score (nSPS) is 15.1. The van der Waals surface area contributed by atoms with E-state index in [1.54, 1.807) is 0 Å². The summed E-state index contributed by atoms with van der Waals surface area (Å²) in [7, 11) is 0. The van der Waals surface area contributed by atoms with Crippen LogP contribution < -0.4 is 5.32 Å². The third-order valence-electron chi connectivity index (χ3n) is 2.87. The van der Waals surface area contributed by atoms with Crippen LogP contribution in [0.25, 0.3) is 0 Å². The first kappa shape index (κ1) is 10.2. The van der Waals surface area contributed by atoms with Crippen LogP contribution in [-0.2, 0) is 13.1 Å². The van der Waals surface area contributed by atoms with Crippen molar-refractivity contribution < 1.29 is 0 Å². The van der Waals surface area contributed by atoms with Crippen LogP contribution in [0.3, 0.4) is 0 Å². The highest BCUT2D eigenvalue weighted by Crippen LogP contribution is 2.19. The van der Waals surface area contributed by atoms with Crippen molar-refractivity contribution in [1.82, 2.24) is 14.9 Å². The van der Waals surface area contributed by atoms with E-state index in [4.69, 9.17) is 0 Å². The van der Waals surface area contributed by atoms with E-state index >= 15 is 0 Å². The van der Waals surface area contributed by atoms with Crippen molar-refractivity contribution in [3.05, 3.63) is 54.0 Å². The van der Waals surface area contributed by atoms with Crippen LogP contribution in [0.1, 0.15) is 11.3 Å². The summed E-state index contributed by atoms with van der Waals surface area (Å²) in [4.78, 5) is 11.0. The lowest BCUT2D eigenvalue weighted by Gasteiger charge is -2.28. The van der Waals surface area contributed by atoms with Crippen LogP contribution in [-0.4, -0.2) is 21.5 Å². The highest BCUT2D eigenvalue weighted by Gasteiger charge is 2.16. The van der Waals surface area contributed by atoms with Crippen LogP contribution in [0, 0.1) is 0 Å². The van der Waals surface area contributed by atoms with Gasteiger partial charge in [-0.3, -0.25) is 9.88 Å². The standard InChI is InChI=1S/C13H14N4/c1-2-6-14-12(5-1)9-17-8-11-4-3-7-15-13(11)16-10-17/h1-7H,8-10H2,(H,15,16). The highest BCUT2D eigenvalue weighted by atomic mass is 15.3. The summed E-state index contributed by atoms with van der Waals surface area (Å²) < 4.78 is 0. The number of hydrogen-bond donors (Lipinski definition) is 1. The van der Waals surface area contributed by atoms with E-state index in [0.29, 0.717) is 0 Å². The summed E-state index contributed by atoms with van der Waals surface area (Å²) in [5, 5.41) is 3.32. The molecule has 4 heteroatoms. The molecule has 0 spiro atoms. The number of fused-ring (bicyclic) bond motifs is 1. The highest BCUT2D eigenvalue weighted by molar-refractivity contribution is 5.45. The summed E-state index contributed by atoms with van der Waals surface area (Å²) in [5.41, 5.74) is 2.34. The summed E-state index contributed by atoms with van der Waals surface area (Å²) in [5.74, 6) is 1.00. The fourth-order valence-corrected chi connectivity index (χ4v) is 2.04. The first-order valence-electron chi connectivity index (χ1n) is 5.72. The number of pyridine rings is 2. The molecule has 0 atom stereocenters. The molecule has 1 aliphatic heterocycles. The summed E-state index contributed by atoms with van der Waals surface area (Å²) in [6, 6.07) is 10.1. The van der Waals surface area contributed by atoms with Crippen LogP contribution in [0.4, 0.5) is 5.82 Å². The van der Waals surface area contributed by atoms with Crippen molar-refractivity contribution in [2.75, 3.05) is 12.0 Å². The van der Waals surface area contributed by atoms with E-state index in [-0.39, 0.29) is 0 Å². The second-order valence-electron chi connectivity index (χ2n) is 4.15. The molecule has 3 heterocycles. The molecule has 4 nitrogen and oxygen atoms in total. The van der Waals surface area contributed by atoms with E-state index in [9.17, 15) is 0 Å². The lowest BCUT2D eigenvalue weighted by molar-refractivity contribution is 0.263. The van der Waals surface area contributed by atoms with Gasteiger partial charge in [0, 0.05) is 31.0 Å². The van der Waals surface area contributed by atoms with Gasteiger partial charge < -0.3 is 5.32 Å². The third kappa shape index (κ3) is 2.26. The third-order valence-corrected chi connectivity index (χ3v) is 2.87. The Hall–Kier alpha value is -1.94. The number of aromatic nitrogens is 2. The molecule has 1 N–H and O–H groups in total. The maximum Gasteiger partial charge on any atom is 0.131 e. The van der Waals surface area contributed by atoms with Crippen LogP contribution in [0.2, 0.25) is 0 Å². The molecule has 0 bridgehead atoms. The maximum atomic E-state index is 4.34. The van der Waals surface area contributed by atoms with Crippen molar-refractivity contribution in [3.63, 3.8) is 0 Å². The number of anilines is 1. The molecular formula is C13H14N4. The fraction of sp³-hybridized carbons (Fsp3) is 0.231. The molecule has 0 saturated heterocycles. The number of nitrogens with zero attached hydrogens (tertiary/aromatic N) is 3. The van der Waals surface area contributed by atoms with Gasteiger partial charge in [0.2, 0.25) is 0 Å². The fourth-order valence-electron chi connectivity index (χ4n) is 2.04. The molecule has 0 saturated carbocycles. The number of rotatable bonds is 2. The van der Waals surface area contributed by atoms with Crippen molar-refractivity contribution in [2.24, 2.45) is 0 Å². The van der Waals surface area contributed by atoms with E-state index < -0.39 is 0 Å². The van der Waals surface area contributed by atoms with E-state index in [1.807, 2.05) is 30.6 Å². The zero-order valence-electron chi connectivity index (χ0n) is 9.50. The van der Waals surface area contributed by atoms with E-state index in [1.165, 1.54) is 5.56 Å². The molecule has 0 radical (unpaired) electrons. The predicted octanol–water partition coefficient (Wildman–Crippen LogP) is 1.86. The van der Waals surface area contributed by atoms with Gasteiger partial charge in [0.15, 0.2) is 0 Å². The monoisotopic (exact) mass is 226 g/mol. The van der Waals surface area contributed by atoms with E-state index in [0.717, 1.165) is 31.3 Å². The number of nitrogens with one attached hydrogen (secondary N) is 1. The Morgan fingerprint density at radius 3 is 2.94 bits per heavy atom. The maximum absolute atomic E-state index is 4.34. The van der Waals surface area contributed by atoms with Gasteiger partial charge in [-0.1, -0.05) is 12.1 Å². The Bertz CT molecular complexity index is 498. The molecule has 86 valence electrons. The Labute approximate surface area is 100 Å². The molecule has 3 rings (SSSR count). The van der Waals surface area contributed by atoms with Crippen molar-refractivity contribution in [2.45, 2.75) is 13.1 Å². The Morgan fingerprint density at radius 1 is 1.12 bits per heavy atom. The SMILES string of the molecule is c1ccc(CN2CNc3ncccc3C2)nc1. The topological polar surface area (TPSA) is 41.0 Å². The van der Waals surface area contributed by atoms with Crippen molar-refractivity contribution >= 4 is 5.82 Å². The Kier molecular flexibility index (Phi) is 2.71.